The summed E-state index contributed by atoms with van der Waals surface area (Å²) in [5.74, 6) is 1.07. The number of alkyl halides is 1. The van der Waals surface area contributed by atoms with Gasteiger partial charge in [-0.25, -0.2) is 4.39 Å². The number of rotatable bonds is 6. The maximum Gasteiger partial charge on any atom is 0.127 e. The molecule has 3 heteroatoms. The van der Waals surface area contributed by atoms with Gasteiger partial charge < -0.3 is 10.2 Å². The summed E-state index contributed by atoms with van der Waals surface area (Å²) in [7, 11) is 0. The van der Waals surface area contributed by atoms with Gasteiger partial charge in [-0.05, 0) is 87.2 Å². The quantitative estimate of drug-likeness (QED) is 0.479. The van der Waals surface area contributed by atoms with Crippen LogP contribution in [0.15, 0.2) is 47.1 Å². The third kappa shape index (κ3) is 5.16. The van der Waals surface area contributed by atoms with Crippen molar-refractivity contribution in [3.63, 3.8) is 0 Å². The normalized spacial score (nSPS) is 36.2. The Morgan fingerprint density at radius 3 is 2.80 bits per heavy atom. The highest BCUT2D eigenvalue weighted by Gasteiger charge is 2.45. The molecule has 3 rings (SSSR count). The Balaban J connectivity index is 1.71. The van der Waals surface area contributed by atoms with Gasteiger partial charge in [0.15, 0.2) is 0 Å². The zero-order valence-corrected chi connectivity index (χ0v) is 19.4. The first-order valence-corrected chi connectivity index (χ1v) is 11.8. The molecule has 0 radical (unpaired) electrons. The molecule has 5 atom stereocenters. The Hall–Kier alpha value is -1.19. The number of aliphatic hydroxyl groups is 2. The van der Waals surface area contributed by atoms with Crippen LogP contribution in [0, 0.1) is 17.3 Å². The van der Waals surface area contributed by atoms with Gasteiger partial charge in [-0.3, -0.25) is 0 Å². The van der Waals surface area contributed by atoms with E-state index in [1.165, 1.54) is 18.4 Å². The van der Waals surface area contributed by atoms with Gasteiger partial charge in [-0.15, -0.1) is 0 Å². The zero-order valence-electron chi connectivity index (χ0n) is 19.4. The van der Waals surface area contributed by atoms with Gasteiger partial charge in [0.25, 0.3) is 0 Å². The highest BCUT2D eigenvalue weighted by atomic mass is 19.1. The Morgan fingerprint density at radius 1 is 1.37 bits per heavy atom. The molecule has 0 spiro atoms. The van der Waals surface area contributed by atoms with E-state index in [0.717, 1.165) is 37.7 Å². The van der Waals surface area contributed by atoms with Gasteiger partial charge in [0.2, 0.25) is 0 Å². The molecule has 0 aromatic heterocycles. The van der Waals surface area contributed by atoms with Crippen LogP contribution in [-0.4, -0.2) is 28.1 Å². The molecule has 0 aromatic rings. The zero-order chi connectivity index (χ0) is 22.1. The van der Waals surface area contributed by atoms with Crippen LogP contribution in [-0.2, 0) is 0 Å². The van der Waals surface area contributed by atoms with Gasteiger partial charge in [-0.1, -0.05) is 56.2 Å². The molecular weight excluding hydrogens is 375 g/mol. The van der Waals surface area contributed by atoms with E-state index in [2.05, 4.69) is 32.6 Å². The summed E-state index contributed by atoms with van der Waals surface area (Å²) in [5, 5.41) is 20.0. The largest absolute Gasteiger partial charge is 0.393 e. The van der Waals surface area contributed by atoms with E-state index >= 15 is 0 Å². The molecule has 3 aliphatic carbocycles. The van der Waals surface area contributed by atoms with Crippen molar-refractivity contribution >= 4 is 0 Å². The van der Waals surface area contributed by atoms with E-state index in [0.29, 0.717) is 23.8 Å². The number of allylic oxidation sites excluding steroid dienone is 6. The second-order valence-corrected chi connectivity index (χ2v) is 10.8. The molecule has 2 nitrogen and oxygen atoms in total. The third-order valence-corrected chi connectivity index (χ3v) is 7.79. The van der Waals surface area contributed by atoms with Gasteiger partial charge in [-0.2, -0.15) is 0 Å². The molecule has 0 aliphatic heterocycles. The van der Waals surface area contributed by atoms with Crippen LogP contribution in [0.3, 0.4) is 0 Å². The van der Waals surface area contributed by atoms with Crippen molar-refractivity contribution in [3.05, 3.63) is 47.1 Å². The molecule has 3 aliphatic rings. The molecule has 0 bridgehead atoms. The maximum absolute atomic E-state index is 14.1. The molecule has 2 fully saturated rings. The number of aliphatic hydroxyl groups excluding tert-OH is 1. The average molecular weight is 417 g/mol. The van der Waals surface area contributed by atoms with Crippen LogP contribution < -0.4 is 0 Å². The summed E-state index contributed by atoms with van der Waals surface area (Å²) in [6, 6.07) is 0. The number of hydrogen-bond donors (Lipinski definition) is 2. The second kappa shape index (κ2) is 9.12. The summed E-state index contributed by atoms with van der Waals surface area (Å²) in [5.41, 5.74) is 4.10. The van der Waals surface area contributed by atoms with Gasteiger partial charge in [0, 0.05) is 6.42 Å². The van der Waals surface area contributed by atoms with Crippen LogP contribution in [0.4, 0.5) is 4.39 Å². The van der Waals surface area contributed by atoms with Crippen molar-refractivity contribution in [1.29, 1.82) is 0 Å². The Kier molecular flexibility index (Phi) is 7.14. The second-order valence-electron chi connectivity index (χ2n) is 10.8. The van der Waals surface area contributed by atoms with Crippen molar-refractivity contribution in [2.75, 3.05) is 0 Å². The Labute approximate surface area is 182 Å². The minimum atomic E-state index is -1.13. The first-order chi connectivity index (χ1) is 14.0. The standard InChI is InChI=1S/C27H41FO2/c1-18(8-6-14-26(3,4)30)23-12-13-24-20(9-7-15-27(23,24)5)10-11-21-16-22(29)17-25(28)19(21)2/h10-12,18,22,24-25,29-30H,2,6-9,13-17H2,1,3-5H3/b20-10+,21-11-/t18?,22-,24+,25-,27-/m1/s1. The predicted octanol–water partition coefficient (Wildman–Crippen LogP) is 6.60. The highest BCUT2D eigenvalue weighted by Crippen LogP contribution is 2.57. The van der Waals surface area contributed by atoms with E-state index < -0.39 is 17.9 Å². The summed E-state index contributed by atoms with van der Waals surface area (Å²) >= 11 is 0. The lowest BCUT2D eigenvalue weighted by atomic mass is 9.62. The van der Waals surface area contributed by atoms with E-state index in [1.54, 1.807) is 5.57 Å². The molecule has 0 amide bonds. The van der Waals surface area contributed by atoms with E-state index in [1.807, 2.05) is 19.9 Å². The van der Waals surface area contributed by atoms with E-state index in [9.17, 15) is 14.6 Å². The Bertz CT molecular complexity index is 738. The van der Waals surface area contributed by atoms with Gasteiger partial charge in [0.1, 0.15) is 6.17 Å². The summed E-state index contributed by atoms with van der Waals surface area (Å²) in [6.07, 6.45) is 13.3. The molecular formula is C27H41FO2. The molecule has 2 N–H and O–H groups in total. The molecule has 30 heavy (non-hydrogen) atoms. The van der Waals surface area contributed by atoms with Crippen molar-refractivity contribution in [3.8, 4) is 0 Å². The van der Waals surface area contributed by atoms with Crippen molar-refractivity contribution in [2.45, 2.75) is 103 Å². The minimum absolute atomic E-state index is 0.173. The van der Waals surface area contributed by atoms with Crippen LogP contribution in [0.25, 0.3) is 0 Å². The lowest BCUT2D eigenvalue weighted by molar-refractivity contribution is 0.0670. The monoisotopic (exact) mass is 416 g/mol. The predicted molar refractivity (Wildman–Crippen MR) is 123 cm³/mol. The lowest BCUT2D eigenvalue weighted by Gasteiger charge is -2.42. The SMILES string of the molecule is C=C1/C(=C\C=C2/CCC[C@]3(C)C(C(C)CCCC(C)(C)O)=CC[C@@H]23)C[C@@H](O)C[C@H]1F. The van der Waals surface area contributed by atoms with Gasteiger partial charge >= 0.3 is 0 Å². The maximum atomic E-state index is 14.1. The summed E-state index contributed by atoms with van der Waals surface area (Å²) in [4.78, 5) is 0. The molecule has 0 saturated heterocycles. The van der Waals surface area contributed by atoms with Crippen molar-refractivity contribution in [2.24, 2.45) is 17.3 Å². The smallest absolute Gasteiger partial charge is 0.127 e. The number of fused-ring (bicyclic) bond motifs is 1. The van der Waals surface area contributed by atoms with Crippen molar-refractivity contribution < 1.29 is 14.6 Å². The fraction of sp³-hybridized carbons (Fsp3) is 0.704. The molecule has 0 aromatic carbocycles. The molecule has 0 heterocycles. The lowest BCUT2D eigenvalue weighted by Crippen LogP contribution is -2.32. The first-order valence-electron chi connectivity index (χ1n) is 11.8. The van der Waals surface area contributed by atoms with Crippen LogP contribution in [0.1, 0.15) is 85.5 Å². The highest BCUT2D eigenvalue weighted by molar-refractivity contribution is 5.40. The van der Waals surface area contributed by atoms with Crippen LogP contribution >= 0.6 is 0 Å². The van der Waals surface area contributed by atoms with Crippen LogP contribution in [0.2, 0.25) is 0 Å². The number of halogens is 1. The molecule has 168 valence electrons. The molecule has 2 saturated carbocycles. The fourth-order valence-corrected chi connectivity index (χ4v) is 6.05. The third-order valence-electron chi connectivity index (χ3n) is 7.79. The van der Waals surface area contributed by atoms with Crippen LogP contribution in [0.5, 0.6) is 0 Å². The molecule has 1 unspecified atom stereocenters. The topological polar surface area (TPSA) is 40.5 Å². The first kappa shape index (κ1) is 23.5. The Morgan fingerprint density at radius 2 is 2.10 bits per heavy atom. The van der Waals surface area contributed by atoms with E-state index in [-0.39, 0.29) is 11.8 Å². The van der Waals surface area contributed by atoms with E-state index in [4.69, 9.17) is 0 Å². The summed E-state index contributed by atoms with van der Waals surface area (Å²) in [6.45, 7) is 12.5. The van der Waals surface area contributed by atoms with Gasteiger partial charge in [0.05, 0.1) is 11.7 Å². The fourth-order valence-electron chi connectivity index (χ4n) is 6.05. The number of hydrogen-bond acceptors (Lipinski definition) is 2. The van der Waals surface area contributed by atoms with Crippen molar-refractivity contribution in [1.82, 2.24) is 0 Å². The average Bonchev–Trinajstić information content (AvgIpc) is 3.00. The summed E-state index contributed by atoms with van der Waals surface area (Å²) < 4.78 is 14.1. The minimum Gasteiger partial charge on any atom is -0.393 e.